The minimum Gasteiger partial charge on any atom is -0.208 e. The molecule has 128 heavy (non-hydrogen) atoms. The number of halogens is 4. The Kier molecular flexibility index (Phi) is 22.6. The lowest BCUT2D eigenvalue weighted by Crippen LogP contribution is -1.97. The van der Waals surface area contributed by atoms with Gasteiger partial charge in [0.15, 0.2) is 46.6 Å². The summed E-state index contributed by atoms with van der Waals surface area (Å²) in [7, 11) is 0. The fourth-order valence-corrected chi connectivity index (χ4v) is 21.0. The molecule has 8 aromatic heterocycles. The highest BCUT2D eigenvalue weighted by Crippen LogP contribution is 2.45. The van der Waals surface area contributed by atoms with E-state index in [9.17, 15) is 0 Å². The normalized spacial score (nSPS) is 11.3. The molecule has 0 fully saturated rings. The first-order valence-corrected chi connectivity index (χ1v) is 45.7. The number of rotatable bonds is 12. The lowest BCUT2D eigenvalue weighted by molar-refractivity contribution is 1.07. The van der Waals surface area contributed by atoms with Gasteiger partial charge in [-0.15, -0.1) is 45.3 Å². The molecule has 0 saturated carbocycles. The minimum absolute atomic E-state index is 0.187. The van der Waals surface area contributed by atoms with Crippen LogP contribution in [0.15, 0.2) is 388 Å². The smallest absolute Gasteiger partial charge is 0.208 e. The molecule has 0 bridgehead atoms. The Labute approximate surface area is 770 Å². The largest absolute Gasteiger partial charge is 0.226 e. The predicted molar refractivity (Wildman–Crippen MR) is 536 cm³/mol. The Morgan fingerprint density at radius 3 is 0.836 bits per heavy atom. The van der Waals surface area contributed by atoms with Crippen LogP contribution in [0.5, 0.6) is 0 Å². The second-order valence-corrected chi connectivity index (χ2v) is 35.6. The number of benzene rings is 16. The zero-order chi connectivity index (χ0) is 86.0. The minimum atomic E-state index is 0.187. The maximum Gasteiger partial charge on any atom is 0.226 e. The highest BCUT2D eigenvalue weighted by atomic mass is 35.5. The van der Waals surface area contributed by atoms with Crippen LogP contribution in [0.4, 0.5) is 0 Å². The van der Waals surface area contributed by atoms with Gasteiger partial charge in [-0.3, -0.25) is 0 Å². The molecule has 16 aromatic carbocycles. The van der Waals surface area contributed by atoms with Crippen LogP contribution in [0, 0.1) is 0 Å². The average molecular weight is 1800 g/mol. The Morgan fingerprint density at radius 1 is 0.148 bits per heavy atom. The van der Waals surface area contributed by atoms with Crippen molar-refractivity contribution < 1.29 is 0 Å². The Bertz CT molecular complexity index is 8210. The molecule has 608 valence electrons. The van der Waals surface area contributed by atoms with Crippen molar-refractivity contribution in [1.29, 1.82) is 0 Å². The molecule has 0 aliphatic rings. The predicted octanol–water partition coefficient (Wildman–Crippen LogP) is 31.6. The molecule has 20 heteroatoms. The SMILES string of the molecule is Clc1nc(-c2ccccc2)nc(-c2ccc(-c3ccc4c(c3)sc3ccccc34)cc2)n1.Clc1nc(-c2ccccc2)nc(-c2ccc(-c3ccc4sc5ccccc5c4c3)cc2)n1.Clc1nc(-c2ccccc2)nc(-c2ccc(-c3cccc4c3sc3ccccc34)cc2)n1.Clc1nc(-c2ccccc2)nc(-c2ccc(-c3cccc4sc5ccccc5c34)cc2)n1. The highest BCUT2D eigenvalue weighted by Gasteiger charge is 2.20. The molecule has 0 N–H and O–H groups in total. The number of hydrogen-bond acceptors (Lipinski definition) is 16. The first-order valence-electron chi connectivity index (χ1n) is 41.0. The zero-order valence-corrected chi connectivity index (χ0v) is 73.8. The van der Waals surface area contributed by atoms with Crippen LogP contribution < -0.4 is 0 Å². The molecule has 0 aliphatic heterocycles. The van der Waals surface area contributed by atoms with E-state index in [0.717, 1.165) is 66.8 Å². The molecule has 24 rings (SSSR count). The molecule has 0 spiro atoms. The summed E-state index contributed by atoms with van der Waals surface area (Å²) < 4.78 is 10.4. The Morgan fingerprint density at radius 2 is 0.406 bits per heavy atom. The van der Waals surface area contributed by atoms with Crippen LogP contribution in [0.1, 0.15) is 0 Å². The van der Waals surface area contributed by atoms with Crippen molar-refractivity contribution in [3.63, 3.8) is 0 Å². The number of fused-ring (bicyclic) bond motifs is 12. The van der Waals surface area contributed by atoms with E-state index in [1.165, 1.54) is 103 Å². The van der Waals surface area contributed by atoms with Crippen LogP contribution in [0.3, 0.4) is 0 Å². The highest BCUT2D eigenvalue weighted by molar-refractivity contribution is 7.27. The summed E-state index contributed by atoms with van der Waals surface area (Å²) in [5.41, 5.74) is 16.7. The lowest BCUT2D eigenvalue weighted by Gasteiger charge is -2.08. The molecule has 0 unspecified atom stereocenters. The van der Waals surface area contributed by atoms with E-state index in [4.69, 9.17) is 46.4 Å². The van der Waals surface area contributed by atoms with Gasteiger partial charge >= 0.3 is 0 Å². The molecule has 0 atom stereocenters. The summed E-state index contributed by atoms with van der Waals surface area (Å²) in [6.07, 6.45) is 0. The van der Waals surface area contributed by atoms with Crippen LogP contribution in [0.25, 0.3) is 216 Å². The number of hydrogen-bond donors (Lipinski definition) is 0. The molecule has 8 heterocycles. The average Bonchev–Trinajstić information content (AvgIpc) is 1.61. The number of nitrogens with zero attached hydrogens (tertiary/aromatic N) is 12. The van der Waals surface area contributed by atoms with Crippen molar-refractivity contribution in [3.05, 3.63) is 409 Å². The summed E-state index contributed by atoms with van der Waals surface area (Å²) in [5.74, 6) is 4.54. The molecule has 0 radical (unpaired) electrons. The van der Waals surface area contributed by atoms with Crippen molar-refractivity contribution in [2.75, 3.05) is 0 Å². The van der Waals surface area contributed by atoms with Gasteiger partial charge in [-0.25, -0.2) is 19.9 Å². The number of thiophene rings is 4. The van der Waals surface area contributed by atoms with Crippen molar-refractivity contribution in [2.45, 2.75) is 0 Å². The fourth-order valence-electron chi connectivity index (χ4n) is 15.8. The monoisotopic (exact) mass is 1800 g/mol. The van der Waals surface area contributed by atoms with Gasteiger partial charge in [0.25, 0.3) is 0 Å². The third kappa shape index (κ3) is 17.0. The van der Waals surface area contributed by atoms with E-state index in [-0.39, 0.29) is 21.1 Å². The summed E-state index contributed by atoms with van der Waals surface area (Å²) in [6.45, 7) is 0. The van der Waals surface area contributed by atoms with E-state index in [2.05, 4.69) is 278 Å². The summed E-state index contributed by atoms with van der Waals surface area (Å²) >= 11 is 32.2. The van der Waals surface area contributed by atoms with Gasteiger partial charge in [-0.2, -0.15) is 39.9 Å². The van der Waals surface area contributed by atoms with Crippen molar-refractivity contribution >= 4 is 172 Å². The van der Waals surface area contributed by atoms with Crippen molar-refractivity contribution in [2.24, 2.45) is 0 Å². The quantitative estimate of drug-likeness (QED) is 0.114. The van der Waals surface area contributed by atoms with Gasteiger partial charge in [0.05, 0.1) is 0 Å². The summed E-state index contributed by atoms with van der Waals surface area (Å²) in [4.78, 5) is 53.1. The topological polar surface area (TPSA) is 155 Å². The molecule has 0 saturated heterocycles. The summed E-state index contributed by atoms with van der Waals surface area (Å²) in [6, 6.07) is 133. The molecule has 0 amide bonds. The number of aromatic nitrogens is 12. The van der Waals surface area contributed by atoms with Gasteiger partial charge in [0, 0.05) is 125 Å². The van der Waals surface area contributed by atoms with Gasteiger partial charge < -0.3 is 0 Å². The van der Waals surface area contributed by atoms with Gasteiger partial charge in [-0.1, -0.05) is 340 Å². The zero-order valence-electron chi connectivity index (χ0n) is 67.5. The first kappa shape index (κ1) is 80.7. The van der Waals surface area contributed by atoms with Crippen molar-refractivity contribution in [1.82, 2.24) is 59.8 Å². The molecular weight excluding hydrogens is 1740 g/mol. The van der Waals surface area contributed by atoms with E-state index < -0.39 is 0 Å². The summed E-state index contributed by atoms with van der Waals surface area (Å²) in [5, 5.41) is 11.2. The first-order chi connectivity index (χ1) is 63.0. The fraction of sp³-hybridized carbons (Fsp3) is 0. The van der Waals surface area contributed by atoms with Gasteiger partial charge in [-0.05, 0) is 139 Å². The van der Waals surface area contributed by atoms with Crippen molar-refractivity contribution in [3.8, 4) is 136 Å². The maximum absolute atomic E-state index is 6.22. The van der Waals surface area contributed by atoms with Gasteiger partial charge in [0.1, 0.15) is 0 Å². The molecular formula is C108H64Cl4N12S4. The molecule has 12 nitrogen and oxygen atoms in total. The third-order valence-electron chi connectivity index (χ3n) is 22.0. The van der Waals surface area contributed by atoms with Crippen LogP contribution in [-0.2, 0) is 0 Å². The van der Waals surface area contributed by atoms with Crippen LogP contribution >= 0.6 is 91.8 Å². The van der Waals surface area contributed by atoms with E-state index in [1.807, 2.05) is 215 Å². The Hall–Kier alpha value is -14.4. The third-order valence-corrected chi connectivity index (χ3v) is 27.3. The van der Waals surface area contributed by atoms with Crippen LogP contribution in [0.2, 0.25) is 21.1 Å². The standard InChI is InChI=1S/4C27H16ClN3S/c28-27-30-25(18-7-2-1-3-8-18)29-26(31-27)19-15-13-17(14-16-19)20-10-6-11-22-21-9-4-5-12-23(21)32-24(20)22;28-27-30-25(18-7-2-1-3-8-18)29-26(31-27)19-15-13-17(14-16-19)20-10-6-12-23-24(20)21-9-4-5-11-22(21)32-23;28-27-30-25(18-6-2-1-3-7-18)29-26(31-27)19-12-10-17(11-13-19)20-14-15-24-22(16-20)21-8-4-5-9-23(21)32-24;28-27-30-25(18-6-2-1-3-7-18)29-26(31-27)19-12-10-17(11-13-19)20-14-15-22-21-8-4-5-9-23(21)32-24(22)16-20/h4*1-16H. The van der Waals surface area contributed by atoms with Crippen LogP contribution in [-0.4, -0.2) is 59.8 Å². The van der Waals surface area contributed by atoms with E-state index in [0.29, 0.717) is 46.6 Å². The molecule has 24 aromatic rings. The maximum atomic E-state index is 6.22. The van der Waals surface area contributed by atoms with E-state index in [1.54, 1.807) is 0 Å². The second kappa shape index (κ2) is 35.9. The Balaban J connectivity index is 0.000000104. The van der Waals surface area contributed by atoms with E-state index >= 15 is 0 Å². The van der Waals surface area contributed by atoms with Gasteiger partial charge in [0.2, 0.25) is 21.1 Å². The molecule has 0 aliphatic carbocycles. The second-order valence-electron chi connectivity index (χ2n) is 30.0. The lowest BCUT2D eigenvalue weighted by atomic mass is 9.98.